The first-order valence-electron chi connectivity index (χ1n) is 6.43. The van der Waals surface area contributed by atoms with E-state index in [1.165, 1.54) is 12.8 Å². The van der Waals surface area contributed by atoms with Crippen LogP contribution in [0, 0.1) is 0 Å². The summed E-state index contributed by atoms with van der Waals surface area (Å²) in [6.45, 7) is 1.71. The first-order chi connectivity index (χ1) is 8.75. The predicted octanol–water partition coefficient (Wildman–Crippen LogP) is 2.44. The Hall–Kier alpha value is -1.55. The highest BCUT2D eigenvalue weighted by atomic mass is 16.7. The van der Waals surface area contributed by atoms with Gasteiger partial charge in [-0.25, -0.2) is 5.48 Å². The summed E-state index contributed by atoms with van der Waals surface area (Å²) in [5.74, 6) is 0.437. The third kappa shape index (κ3) is 3.74. The average molecular weight is 249 g/mol. The predicted molar refractivity (Wildman–Crippen MR) is 68.0 cm³/mol. The van der Waals surface area contributed by atoms with Crippen molar-refractivity contribution in [2.75, 3.05) is 0 Å². The van der Waals surface area contributed by atoms with Gasteiger partial charge in [-0.05, 0) is 31.9 Å². The quantitative estimate of drug-likeness (QED) is 0.815. The molecule has 0 aliphatic heterocycles. The van der Waals surface area contributed by atoms with Crippen molar-refractivity contribution >= 4 is 5.91 Å². The summed E-state index contributed by atoms with van der Waals surface area (Å²) in [4.78, 5) is 17.1. The van der Waals surface area contributed by atoms with Gasteiger partial charge < -0.3 is 4.74 Å². The number of benzene rings is 1. The molecule has 1 aromatic carbocycles. The summed E-state index contributed by atoms with van der Waals surface area (Å²) in [6.07, 6.45) is 4.00. The molecule has 2 rings (SSSR count). The zero-order valence-corrected chi connectivity index (χ0v) is 10.6. The highest BCUT2D eigenvalue weighted by molar-refractivity contribution is 5.79. The second-order valence-electron chi connectivity index (χ2n) is 4.56. The maximum Gasteiger partial charge on any atom is 0.284 e. The summed E-state index contributed by atoms with van der Waals surface area (Å²) in [7, 11) is 0. The van der Waals surface area contributed by atoms with Crippen LogP contribution in [0.25, 0.3) is 0 Å². The number of hydrogen-bond donors (Lipinski definition) is 1. The highest BCUT2D eigenvalue weighted by Gasteiger charge is 2.19. The molecular formula is C14H19NO3. The molecule has 1 aliphatic carbocycles. The molecule has 0 spiro atoms. The van der Waals surface area contributed by atoms with Crippen LogP contribution in [0.4, 0.5) is 0 Å². The first kappa shape index (κ1) is 12.9. The van der Waals surface area contributed by atoms with Gasteiger partial charge in [-0.1, -0.05) is 31.0 Å². The Morgan fingerprint density at radius 2 is 1.94 bits per heavy atom. The highest BCUT2D eigenvalue weighted by Crippen LogP contribution is 2.20. The van der Waals surface area contributed by atoms with E-state index in [0.29, 0.717) is 5.75 Å². The van der Waals surface area contributed by atoms with Gasteiger partial charge in [0.2, 0.25) is 0 Å². The Labute approximate surface area is 107 Å². The number of carbonyl (C=O) groups is 1. The van der Waals surface area contributed by atoms with Crippen LogP contribution in [-0.4, -0.2) is 18.1 Å². The van der Waals surface area contributed by atoms with Gasteiger partial charge in [0.25, 0.3) is 5.91 Å². The fraction of sp³-hybridized carbons (Fsp3) is 0.500. The van der Waals surface area contributed by atoms with Crippen molar-refractivity contribution in [3.05, 3.63) is 30.3 Å². The lowest BCUT2D eigenvalue weighted by Crippen LogP contribution is -2.38. The number of para-hydroxylation sites is 1. The van der Waals surface area contributed by atoms with E-state index in [1.54, 1.807) is 6.92 Å². The second kappa shape index (κ2) is 6.40. The van der Waals surface area contributed by atoms with Gasteiger partial charge >= 0.3 is 0 Å². The van der Waals surface area contributed by atoms with E-state index < -0.39 is 6.10 Å². The van der Waals surface area contributed by atoms with Crippen LogP contribution in [0.15, 0.2) is 30.3 Å². The van der Waals surface area contributed by atoms with E-state index in [4.69, 9.17) is 9.57 Å². The number of hydroxylamine groups is 1. The van der Waals surface area contributed by atoms with Crippen molar-refractivity contribution in [2.45, 2.75) is 44.8 Å². The SMILES string of the molecule is CC(Oc1ccccc1)C(=O)NOC1CCCC1. The Balaban J connectivity index is 1.74. The van der Waals surface area contributed by atoms with E-state index in [0.717, 1.165) is 12.8 Å². The maximum atomic E-state index is 11.7. The summed E-state index contributed by atoms with van der Waals surface area (Å²) < 4.78 is 5.50. The number of nitrogens with one attached hydrogen (secondary N) is 1. The minimum atomic E-state index is -0.561. The van der Waals surface area contributed by atoms with Crippen molar-refractivity contribution in [3.63, 3.8) is 0 Å². The van der Waals surface area contributed by atoms with Crippen molar-refractivity contribution in [1.29, 1.82) is 0 Å². The molecular weight excluding hydrogens is 230 g/mol. The zero-order valence-electron chi connectivity index (χ0n) is 10.6. The lowest BCUT2D eigenvalue weighted by molar-refractivity contribution is -0.144. The molecule has 0 bridgehead atoms. The standard InChI is InChI=1S/C14H19NO3/c1-11(17-12-7-3-2-4-8-12)14(16)15-18-13-9-5-6-10-13/h2-4,7-8,11,13H,5-6,9-10H2,1H3,(H,15,16). The molecule has 18 heavy (non-hydrogen) atoms. The molecule has 1 saturated carbocycles. The molecule has 1 amide bonds. The molecule has 1 aliphatic rings. The minimum Gasteiger partial charge on any atom is -0.481 e. The molecule has 1 unspecified atom stereocenters. The largest absolute Gasteiger partial charge is 0.481 e. The topological polar surface area (TPSA) is 47.6 Å². The number of carbonyl (C=O) groups excluding carboxylic acids is 1. The lowest BCUT2D eigenvalue weighted by Gasteiger charge is -2.16. The van der Waals surface area contributed by atoms with Gasteiger partial charge in [-0.3, -0.25) is 9.63 Å². The fourth-order valence-electron chi connectivity index (χ4n) is 1.99. The van der Waals surface area contributed by atoms with Crippen molar-refractivity contribution in [1.82, 2.24) is 5.48 Å². The van der Waals surface area contributed by atoms with E-state index in [1.807, 2.05) is 30.3 Å². The fourth-order valence-corrected chi connectivity index (χ4v) is 1.99. The van der Waals surface area contributed by atoms with Crippen LogP contribution >= 0.6 is 0 Å². The van der Waals surface area contributed by atoms with Gasteiger partial charge in [-0.15, -0.1) is 0 Å². The monoisotopic (exact) mass is 249 g/mol. The van der Waals surface area contributed by atoms with Crippen molar-refractivity contribution < 1.29 is 14.4 Å². The van der Waals surface area contributed by atoms with E-state index in [2.05, 4.69) is 5.48 Å². The van der Waals surface area contributed by atoms with Gasteiger partial charge in [0.1, 0.15) is 5.75 Å². The molecule has 0 heterocycles. The summed E-state index contributed by atoms with van der Waals surface area (Å²) in [5.41, 5.74) is 2.48. The molecule has 0 aromatic heterocycles. The zero-order chi connectivity index (χ0) is 12.8. The van der Waals surface area contributed by atoms with Crippen LogP contribution in [0.3, 0.4) is 0 Å². The Kier molecular flexibility index (Phi) is 4.59. The number of amides is 1. The molecule has 1 aromatic rings. The van der Waals surface area contributed by atoms with Crippen LogP contribution in [0.5, 0.6) is 5.75 Å². The second-order valence-corrected chi connectivity index (χ2v) is 4.56. The van der Waals surface area contributed by atoms with Gasteiger partial charge in [0.05, 0.1) is 6.10 Å². The van der Waals surface area contributed by atoms with E-state index >= 15 is 0 Å². The molecule has 0 radical (unpaired) electrons. The van der Waals surface area contributed by atoms with Crippen molar-refractivity contribution in [3.8, 4) is 5.75 Å². The van der Waals surface area contributed by atoms with Gasteiger partial charge in [-0.2, -0.15) is 0 Å². The Bertz CT molecular complexity index is 374. The van der Waals surface area contributed by atoms with Crippen LogP contribution in [0.1, 0.15) is 32.6 Å². The summed E-state index contributed by atoms with van der Waals surface area (Å²) in [6, 6.07) is 9.29. The normalized spacial score (nSPS) is 17.4. The molecule has 0 saturated heterocycles. The van der Waals surface area contributed by atoms with Crippen LogP contribution < -0.4 is 10.2 Å². The smallest absolute Gasteiger partial charge is 0.284 e. The number of ether oxygens (including phenoxy) is 1. The maximum absolute atomic E-state index is 11.7. The van der Waals surface area contributed by atoms with Gasteiger partial charge in [0, 0.05) is 0 Å². The summed E-state index contributed by atoms with van der Waals surface area (Å²) in [5, 5.41) is 0. The number of hydrogen-bond acceptors (Lipinski definition) is 3. The Morgan fingerprint density at radius 1 is 1.28 bits per heavy atom. The van der Waals surface area contributed by atoms with Crippen LogP contribution in [-0.2, 0) is 9.63 Å². The average Bonchev–Trinajstić information content (AvgIpc) is 2.90. The Morgan fingerprint density at radius 3 is 2.61 bits per heavy atom. The number of rotatable bonds is 5. The van der Waals surface area contributed by atoms with E-state index in [-0.39, 0.29) is 12.0 Å². The van der Waals surface area contributed by atoms with Crippen LogP contribution in [0.2, 0.25) is 0 Å². The minimum absolute atomic E-state index is 0.165. The molecule has 1 fully saturated rings. The van der Waals surface area contributed by atoms with Crippen molar-refractivity contribution in [2.24, 2.45) is 0 Å². The molecule has 98 valence electrons. The first-order valence-corrected chi connectivity index (χ1v) is 6.43. The third-order valence-electron chi connectivity index (χ3n) is 3.05. The third-order valence-corrected chi connectivity index (χ3v) is 3.05. The molecule has 1 atom stereocenters. The summed E-state index contributed by atoms with van der Waals surface area (Å²) >= 11 is 0. The molecule has 4 nitrogen and oxygen atoms in total. The molecule has 1 N–H and O–H groups in total. The lowest BCUT2D eigenvalue weighted by atomic mass is 10.3. The molecule has 4 heteroatoms. The van der Waals surface area contributed by atoms with Gasteiger partial charge in [0.15, 0.2) is 6.10 Å². The van der Waals surface area contributed by atoms with E-state index in [9.17, 15) is 4.79 Å².